The van der Waals surface area contributed by atoms with E-state index in [1.165, 1.54) is 31.4 Å². The SMILES string of the molecule is CCC(C)N1CC(C2CC2)NCC1c1ccccc1. The van der Waals surface area contributed by atoms with Crippen LogP contribution in [0.3, 0.4) is 0 Å². The lowest BCUT2D eigenvalue weighted by Gasteiger charge is -2.44. The lowest BCUT2D eigenvalue weighted by molar-refractivity contribution is 0.0807. The van der Waals surface area contributed by atoms with Gasteiger partial charge in [-0.3, -0.25) is 4.90 Å². The zero-order valence-corrected chi connectivity index (χ0v) is 12.2. The number of hydrogen-bond donors (Lipinski definition) is 1. The molecule has 2 aliphatic rings. The molecular formula is C17H26N2. The number of nitrogens with one attached hydrogen (secondary N) is 1. The molecule has 2 heteroatoms. The largest absolute Gasteiger partial charge is 0.311 e. The Labute approximate surface area is 117 Å². The van der Waals surface area contributed by atoms with Gasteiger partial charge in [-0.15, -0.1) is 0 Å². The van der Waals surface area contributed by atoms with Crippen LogP contribution in [0.4, 0.5) is 0 Å². The van der Waals surface area contributed by atoms with Crippen molar-refractivity contribution in [3.63, 3.8) is 0 Å². The third-order valence-corrected chi connectivity index (χ3v) is 4.91. The topological polar surface area (TPSA) is 15.3 Å². The lowest BCUT2D eigenvalue weighted by Crippen LogP contribution is -2.55. The van der Waals surface area contributed by atoms with Gasteiger partial charge >= 0.3 is 0 Å². The number of hydrogen-bond acceptors (Lipinski definition) is 2. The fourth-order valence-corrected chi connectivity index (χ4v) is 3.32. The summed E-state index contributed by atoms with van der Waals surface area (Å²) in [7, 11) is 0. The molecule has 1 aliphatic heterocycles. The molecule has 3 atom stereocenters. The highest BCUT2D eigenvalue weighted by Crippen LogP contribution is 2.37. The van der Waals surface area contributed by atoms with Gasteiger partial charge in [-0.2, -0.15) is 0 Å². The molecule has 0 aromatic heterocycles. The highest BCUT2D eigenvalue weighted by Gasteiger charge is 2.38. The van der Waals surface area contributed by atoms with E-state index < -0.39 is 0 Å². The fourth-order valence-electron chi connectivity index (χ4n) is 3.32. The van der Waals surface area contributed by atoms with Crippen LogP contribution in [0.1, 0.15) is 44.7 Å². The Kier molecular flexibility index (Phi) is 3.90. The zero-order valence-electron chi connectivity index (χ0n) is 12.2. The lowest BCUT2D eigenvalue weighted by atomic mass is 9.97. The number of rotatable bonds is 4. The van der Waals surface area contributed by atoms with Crippen LogP contribution in [0.25, 0.3) is 0 Å². The first-order valence-electron chi connectivity index (χ1n) is 7.83. The van der Waals surface area contributed by atoms with Crippen LogP contribution in [0, 0.1) is 5.92 Å². The van der Waals surface area contributed by atoms with Crippen LogP contribution in [0.2, 0.25) is 0 Å². The predicted molar refractivity (Wildman–Crippen MR) is 80.2 cm³/mol. The van der Waals surface area contributed by atoms with Gasteiger partial charge in [-0.1, -0.05) is 37.3 Å². The van der Waals surface area contributed by atoms with Gasteiger partial charge in [0.05, 0.1) is 0 Å². The normalized spacial score (nSPS) is 30.2. The molecule has 1 heterocycles. The Morgan fingerprint density at radius 1 is 1.26 bits per heavy atom. The van der Waals surface area contributed by atoms with Gasteiger partial charge in [0.25, 0.3) is 0 Å². The van der Waals surface area contributed by atoms with E-state index in [1.807, 2.05) is 0 Å². The average Bonchev–Trinajstić information content (AvgIpc) is 3.31. The van der Waals surface area contributed by atoms with Gasteiger partial charge in [-0.25, -0.2) is 0 Å². The van der Waals surface area contributed by atoms with Crippen LogP contribution >= 0.6 is 0 Å². The van der Waals surface area contributed by atoms with Crippen molar-refractivity contribution in [2.24, 2.45) is 5.92 Å². The Morgan fingerprint density at radius 3 is 2.63 bits per heavy atom. The van der Waals surface area contributed by atoms with Crippen molar-refractivity contribution in [3.05, 3.63) is 35.9 Å². The van der Waals surface area contributed by atoms with Gasteiger partial charge in [-0.05, 0) is 37.7 Å². The fraction of sp³-hybridized carbons (Fsp3) is 0.647. The second kappa shape index (κ2) is 5.64. The molecule has 0 bridgehead atoms. The van der Waals surface area contributed by atoms with Gasteiger partial charge < -0.3 is 5.32 Å². The van der Waals surface area contributed by atoms with Crippen LogP contribution in [0.5, 0.6) is 0 Å². The molecule has 1 saturated heterocycles. The summed E-state index contributed by atoms with van der Waals surface area (Å²) in [4.78, 5) is 2.73. The molecule has 1 saturated carbocycles. The molecule has 19 heavy (non-hydrogen) atoms. The van der Waals surface area contributed by atoms with E-state index in [2.05, 4.69) is 54.4 Å². The quantitative estimate of drug-likeness (QED) is 0.892. The minimum Gasteiger partial charge on any atom is -0.311 e. The highest BCUT2D eigenvalue weighted by molar-refractivity contribution is 5.21. The van der Waals surface area contributed by atoms with E-state index in [0.29, 0.717) is 12.1 Å². The van der Waals surface area contributed by atoms with Crippen LogP contribution in [-0.2, 0) is 0 Å². The molecular weight excluding hydrogens is 232 g/mol. The van der Waals surface area contributed by atoms with E-state index in [0.717, 1.165) is 18.5 Å². The summed E-state index contributed by atoms with van der Waals surface area (Å²) in [5.41, 5.74) is 1.46. The molecule has 2 nitrogen and oxygen atoms in total. The molecule has 2 fully saturated rings. The average molecular weight is 258 g/mol. The highest BCUT2D eigenvalue weighted by atomic mass is 15.3. The molecule has 1 N–H and O–H groups in total. The van der Waals surface area contributed by atoms with E-state index in [1.54, 1.807) is 0 Å². The van der Waals surface area contributed by atoms with Crippen molar-refractivity contribution in [3.8, 4) is 0 Å². The molecule has 1 aromatic rings. The predicted octanol–water partition coefficient (Wildman–Crippen LogP) is 3.21. The van der Waals surface area contributed by atoms with Crippen molar-refractivity contribution in [1.29, 1.82) is 0 Å². The molecule has 3 unspecified atom stereocenters. The third-order valence-electron chi connectivity index (χ3n) is 4.91. The molecule has 3 rings (SSSR count). The number of piperazine rings is 1. The standard InChI is InChI=1S/C17H26N2/c1-3-13(2)19-12-16(14-9-10-14)18-11-17(19)15-7-5-4-6-8-15/h4-8,13-14,16-18H,3,9-12H2,1-2H3. The Balaban J connectivity index is 1.78. The smallest absolute Gasteiger partial charge is 0.0476 e. The Bertz CT molecular complexity index is 399. The third kappa shape index (κ3) is 2.85. The van der Waals surface area contributed by atoms with Crippen molar-refractivity contribution >= 4 is 0 Å². The molecule has 104 valence electrons. The number of benzene rings is 1. The van der Waals surface area contributed by atoms with Gasteiger partial charge in [0.15, 0.2) is 0 Å². The van der Waals surface area contributed by atoms with E-state index >= 15 is 0 Å². The van der Waals surface area contributed by atoms with Crippen LogP contribution < -0.4 is 5.32 Å². The summed E-state index contributed by atoms with van der Waals surface area (Å²) in [6, 6.07) is 12.9. The summed E-state index contributed by atoms with van der Waals surface area (Å²) in [5, 5.41) is 3.80. The first-order valence-corrected chi connectivity index (χ1v) is 7.83. The van der Waals surface area contributed by atoms with Crippen molar-refractivity contribution in [2.45, 2.75) is 51.2 Å². The summed E-state index contributed by atoms with van der Waals surface area (Å²) < 4.78 is 0. The van der Waals surface area contributed by atoms with Gasteiger partial charge in [0, 0.05) is 31.2 Å². The van der Waals surface area contributed by atoms with E-state index in [9.17, 15) is 0 Å². The number of nitrogens with zero attached hydrogens (tertiary/aromatic N) is 1. The summed E-state index contributed by atoms with van der Waals surface area (Å²) >= 11 is 0. The maximum absolute atomic E-state index is 3.80. The summed E-state index contributed by atoms with van der Waals surface area (Å²) in [5.74, 6) is 0.947. The van der Waals surface area contributed by atoms with Crippen molar-refractivity contribution in [1.82, 2.24) is 10.2 Å². The van der Waals surface area contributed by atoms with E-state index in [4.69, 9.17) is 0 Å². The first kappa shape index (κ1) is 13.1. The molecule has 0 spiro atoms. The minimum atomic E-state index is 0.547. The van der Waals surface area contributed by atoms with Gasteiger partial charge in [0.2, 0.25) is 0 Å². The van der Waals surface area contributed by atoms with E-state index in [-0.39, 0.29) is 0 Å². The second-order valence-corrected chi connectivity index (χ2v) is 6.23. The minimum absolute atomic E-state index is 0.547. The zero-order chi connectivity index (χ0) is 13.2. The molecule has 0 amide bonds. The van der Waals surface area contributed by atoms with Crippen molar-refractivity contribution in [2.75, 3.05) is 13.1 Å². The van der Waals surface area contributed by atoms with Crippen LogP contribution in [0.15, 0.2) is 30.3 Å². The first-order chi connectivity index (χ1) is 9.29. The molecule has 0 radical (unpaired) electrons. The maximum Gasteiger partial charge on any atom is 0.0476 e. The monoisotopic (exact) mass is 258 g/mol. The summed E-state index contributed by atoms with van der Waals surface area (Å²) in [6.07, 6.45) is 4.10. The van der Waals surface area contributed by atoms with Gasteiger partial charge in [0.1, 0.15) is 0 Å². The molecule has 1 aromatic carbocycles. The summed E-state index contributed by atoms with van der Waals surface area (Å²) in [6.45, 7) is 7.01. The van der Waals surface area contributed by atoms with Crippen LogP contribution in [-0.4, -0.2) is 30.1 Å². The van der Waals surface area contributed by atoms with Crippen molar-refractivity contribution < 1.29 is 0 Å². The molecule has 1 aliphatic carbocycles. The second-order valence-electron chi connectivity index (χ2n) is 6.23. The maximum atomic E-state index is 3.80. The Hall–Kier alpha value is -0.860. The Morgan fingerprint density at radius 2 is 2.00 bits per heavy atom.